The summed E-state index contributed by atoms with van der Waals surface area (Å²) in [4.78, 5) is 14.3. The van der Waals surface area contributed by atoms with E-state index in [1.165, 1.54) is 11.1 Å². The van der Waals surface area contributed by atoms with E-state index in [0.717, 1.165) is 24.2 Å². The minimum absolute atomic E-state index is 0.153. The minimum atomic E-state index is 0.153. The van der Waals surface area contributed by atoms with Crippen LogP contribution in [0.25, 0.3) is 0 Å². The molecule has 0 bridgehead atoms. The zero-order valence-corrected chi connectivity index (χ0v) is 12.4. The molecule has 0 saturated carbocycles. The van der Waals surface area contributed by atoms with Gasteiger partial charge in [-0.1, -0.05) is 29.8 Å². The third-order valence-corrected chi connectivity index (χ3v) is 4.12. The number of rotatable bonds is 2. The molecule has 0 atom stereocenters. The van der Waals surface area contributed by atoms with E-state index in [1.54, 1.807) is 0 Å². The van der Waals surface area contributed by atoms with Crippen LogP contribution in [0.4, 0.5) is 5.69 Å². The van der Waals surface area contributed by atoms with E-state index in [1.807, 2.05) is 47.4 Å². The average Bonchev–Trinajstić information content (AvgIpc) is 2.49. The van der Waals surface area contributed by atoms with Gasteiger partial charge < -0.3 is 10.6 Å². The first-order valence-electron chi connectivity index (χ1n) is 7.01. The van der Waals surface area contributed by atoms with Gasteiger partial charge in [0.15, 0.2) is 0 Å². The molecule has 1 aliphatic rings. The lowest BCUT2D eigenvalue weighted by molar-refractivity contribution is -0.131. The zero-order valence-electron chi connectivity index (χ0n) is 11.7. The standard InChI is InChI=1S/C17H17ClN2O/c18-15-4-1-12(2-5-15)9-17(21)20-8-7-13-10-16(19)6-3-14(13)11-20/h1-6,10H,7-9,11,19H2. The van der Waals surface area contributed by atoms with Crippen molar-refractivity contribution in [1.82, 2.24) is 4.90 Å². The molecule has 0 radical (unpaired) electrons. The van der Waals surface area contributed by atoms with E-state index in [9.17, 15) is 4.79 Å². The number of carbonyl (C=O) groups is 1. The summed E-state index contributed by atoms with van der Waals surface area (Å²) in [5, 5.41) is 0.690. The molecular formula is C17H17ClN2O. The van der Waals surface area contributed by atoms with Crippen molar-refractivity contribution in [2.75, 3.05) is 12.3 Å². The summed E-state index contributed by atoms with van der Waals surface area (Å²) in [5.74, 6) is 0.153. The zero-order chi connectivity index (χ0) is 14.8. The lowest BCUT2D eigenvalue weighted by atomic mass is 9.98. The Balaban J connectivity index is 1.69. The Bertz CT molecular complexity index is 667. The van der Waals surface area contributed by atoms with Crippen molar-refractivity contribution in [3.8, 4) is 0 Å². The van der Waals surface area contributed by atoms with Crippen LogP contribution < -0.4 is 5.73 Å². The highest BCUT2D eigenvalue weighted by Gasteiger charge is 2.20. The maximum atomic E-state index is 12.4. The van der Waals surface area contributed by atoms with E-state index in [-0.39, 0.29) is 5.91 Å². The molecule has 2 aromatic carbocycles. The van der Waals surface area contributed by atoms with Gasteiger partial charge >= 0.3 is 0 Å². The van der Waals surface area contributed by atoms with Gasteiger partial charge in [-0.25, -0.2) is 0 Å². The summed E-state index contributed by atoms with van der Waals surface area (Å²) >= 11 is 5.86. The predicted octanol–water partition coefficient (Wildman–Crippen LogP) is 3.05. The molecule has 3 nitrogen and oxygen atoms in total. The fourth-order valence-electron chi connectivity index (χ4n) is 2.67. The number of nitrogen functional groups attached to an aromatic ring is 1. The fraction of sp³-hybridized carbons (Fsp3) is 0.235. The van der Waals surface area contributed by atoms with Gasteiger partial charge in [-0.15, -0.1) is 0 Å². The van der Waals surface area contributed by atoms with Gasteiger partial charge in [0.05, 0.1) is 6.42 Å². The number of fused-ring (bicyclic) bond motifs is 1. The van der Waals surface area contributed by atoms with Gasteiger partial charge in [0.2, 0.25) is 5.91 Å². The SMILES string of the molecule is Nc1ccc2c(c1)CCN(C(=O)Cc1ccc(Cl)cc1)C2. The molecule has 0 unspecified atom stereocenters. The molecule has 108 valence electrons. The summed E-state index contributed by atoms with van der Waals surface area (Å²) in [6, 6.07) is 13.4. The largest absolute Gasteiger partial charge is 0.399 e. The van der Waals surface area contributed by atoms with Crippen molar-refractivity contribution in [3.05, 3.63) is 64.2 Å². The van der Waals surface area contributed by atoms with Gasteiger partial charge in [0, 0.05) is 23.8 Å². The fourth-order valence-corrected chi connectivity index (χ4v) is 2.80. The Morgan fingerprint density at radius 1 is 1.14 bits per heavy atom. The molecule has 0 saturated heterocycles. The predicted molar refractivity (Wildman–Crippen MR) is 85.1 cm³/mol. The third-order valence-electron chi connectivity index (χ3n) is 3.86. The molecular weight excluding hydrogens is 284 g/mol. The van der Waals surface area contributed by atoms with Crippen molar-refractivity contribution in [1.29, 1.82) is 0 Å². The molecule has 3 rings (SSSR count). The monoisotopic (exact) mass is 300 g/mol. The highest BCUT2D eigenvalue weighted by molar-refractivity contribution is 6.30. The van der Waals surface area contributed by atoms with Crippen LogP contribution in [0.15, 0.2) is 42.5 Å². The van der Waals surface area contributed by atoms with Gasteiger partial charge in [0.25, 0.3) is 0 Å². The maximum absolute atomic E-state index is 12.4. The van der Waals surface area contributed by atoms with Crippen LogP contribution in [0.2, 0.25) is 5.02 Å². The van der Waals surface area contributed by atoms with Crippen LogP contribution in [0.3, 0.4) is 0 Å². The molecule has 0 aromatic heterocycles. The summed E-state index contributed by atoms with van der Waals surface area (Å²) in [7, 11) is 0. The van der Waals surface area contributed by atoms with E-state index in [4.69, 9.17) is 17.3 Å². The average molecular weight is 301 g/mol. The Hall–Kier alpha value is -2.00. The van der Waals surface area contributed by atoms with Gasteiger partial charge in [-0.3, -0.25) is 4.79 Å². The van der Waals surface area contributed by atoms with E-state index < -0.39 is 0 Å². The highest BCUT2D eigenvalue weighted by atomic mass is 35.5. The molecule has 0 fully saturated rings. The first-order valence-corrected chi connectivity index (χ1v) is 7.39. The summed E-state index contributed by atoms with van der Waals surface area (Å²) in [5.41, 5.74) is 10.0. The molecule has 0 spiro atoms. The maximum Gasteiger partial charge on any atom is 0.227 e. The number of benzene rings is 2. The normalized spacial score (nSPS) is 13.9. The molecule has 1 amide bonds. The van der Waals surface area contributed by atoms with Gasteiger partial charge in [0.1, 0.15) is 0 Å². The molecule has 21 heavy (non-hydrogen) atoms. The summed E-state index contributed by atoms with van der Waals surface area (Å²) < 4.78 is 0. The molecule has 4 heteroatoms. The minimum Gasteiger partial charge on any atom is -0.399 e. The molecule has 1 aliphatic heterocycles. The van der Waals surface area contributed by atoms with Crippen LogP contribution in [-0.4, -0.2) is 17.4 Å². The van der Waals surface area contributed by atoms with E-state index in [0.29, 0.717) is 18.0 Å². The number of nitrogens with two attached hydrogens (primary N) is 1. The number of amides is 1. The first-order chi connectivity index (χ1) is 10.1. The van der Waals surface area contributed by atoms with Gasteiger partial charge in [-0.2, -0.15) is 0 Å². The second-order valence-electron chi connectivity index (χ2n) is 5.40. The van der Waals surface area contributed by atoms with Crippen LogP contribution in [0.1, 0.15) is 16.7 Å². The van der Waals surface area contributed by atoms with Gasteiger partial charge in [-0.05, 0) is 47.4 Å². The van der Waals surface area contributed by atoms with Crippen LogP contribution in [0, 0.1) is 0 Å². The van der Waals surface area contributed by atoms with Crippen molar-refractivity contribution >= 4 is 23.2 Å². The lowest BCUT2D eigenvalue weighted by Crippen LogP contribution is -2.36. The number of halogens is 1. The lowest BCUT2D eigenvalue weighted by Gasteiger charge is -2.29. The number of anilines is 1. The van der Waals surface area contributed by atoms with Crippen molar-refractivity contribution < 1.29 is 4.79 Å². The second-order valence-corrected chi connectivity index (χ2v) is 5.83. The van der Waals surface area contributed by atoms with E-state index >= 15 is 0 Å². The molecule has 0 aliphatic carbocycles. The number of carbonyl (C=O) groups excluding carboxylic acids is 1. The molecule has 1 heterocycles. The summed E-state index contributed by atoms with van der Waals surface area (Å²) in [6.45, 7) is 1.42. The first kappa shape index (κ1) is 14.0. The number of hydrogen-bond acceptors (Lipinski definition) is 2. The second kappa shape index (κ2) is 5.78. The summed E-state index contributed by atoms with van der Waals surface area (Å²) in [6.07, 6.45) is 1.29. The quantitative estimate of drug-likeness (QED) is 0.867. The molecule has 2 aromatic rings. The smallest absolute Gasteiger partial charge is 0.227 e. The Kier molecular flexibility index (Phi) is 3.84. The van der Waals surface area contributed by atoms with Crippen molar-refractivity contribution in [3.63, 3.8) is 0 Å². The van der Waals surface area contributed by atoms with Crippen molar-refractivity contribution in [2.45, 2.75) is 19.4 Å². The van der Waals surface area contributed by atoms with E-state index in [2.05, 4.69) is 0 Å². The highest BCUT2D eigenvalue weighted by Crippen LogP contribution is 2.22. The third kappa shape index (κ3) is 3.19. The molecule has 2 N–H and O–H groups in total. The van der Waals surface area contributed by atoms with Crippen molar-refractivity contribution in [2.24, 2.45) is 0 Å². The number of nitrogens with zero attached hydrogens (tertiary/aromatic N) is 1. The Labute approximate surface area is 129 Å². The van der Waals surface area contributed by atoms with Crippen LogP contribution in [0.5, 0.6) is 0 Å². The van der Waals surface area contributed by atoms with Crippen LogP contribution >= 0.6 is 11.6 Å². The Morgan fingerprint density at radius 2 is 1.90 bits per heavy atom. The Morgan fingerprint density at radius 3 is 2.67 bits per heavy atom. The number of hydrogen-bond donors (Lipinski definition) is 1. The topological polar surface area (TPSA) is 46.3 Å². The van der Waals surface area contributed by atoms with Crippen LogP contribution in [-0.2, 0) is 24.2 Å².